The van der Waals surface area contributed by atoms with Crippen LogP contribution in [-0.2, 0) is 6.54 Å². The first-order chi connectivity index (χ1) is 9.76. The summed E-state index contributed by atoms with van der Waals surface area (Å²) in [5, 5.41) is 9.66. The normalized spacial score (nSPS) is 24.4. The van der Waals surface area contributed by atoms with E-state index >= 15 is 0 Å². The molecular formula is C16H24N2O2. The molecule has 2 saturated heterocycles. The highest BCUT2D eigenvalue weighted by atomic mass is 16.5. The zero-order valence-corrected chi connectivity index (χ0v) is 12.2. The van der Waals surface area contributed by atoms with Crippen molar-refractivity contribution in [1.29, 1.82) is 0 Å². The van der Waals surface area contributed by atoms with Crippen molar-refractivity contribution in [2.24, 2.45) is 0 Å². The Morgan fingerprint density at radius 1 is 1.25 bits per heavy atom. The molecule has 2 fully saturated rings. The second-order valence-corrected chi connectivity index (χ2v) is 5.93. The third kappa shape index (κ3) is 2.91. The van der Waals surface area contributed by atoms with Gasteiger partial charge in [0.05, 0.1) is 7.11 Å². The van der Waals surface area contributed by atoms with Gasteiger partial charge < -0.3 is 9.84 Å². The van der Waals surface area contributed by atoms with Crippen LogP contribution in [0.15, 0.2) is 18.2 Å². The molecule has 2 heterocycles. The fourth-order valence-corrected chi connectivity index (χ4v) is 3.51. The van der Waals surface area contributed by atoms with Gasteiger partial charge in [-0.25, -0.2) is 0 Å². The van der Waals surface area contributed by atoms with Gasteiger partial charge in [-0.15, -0.1) is 0 Å². The van der Waals surface area contributed by atoms with Crippen LogP contribution >= 0.6 is 0 Å². The molecule has 1 aromatic rings. The standard InChI is InChI=1S/C16H24N2O2/c1-20-16-10-13(5-6-15(16)19)11-17-7-3-9-18-8-2-4-14(18)12-17/h5-6,10,14,19H,2-4,7-9,11-12H2,1H3. The maximum absolute atomic E-state index is 9.66. The van der Waals surface area contributed by atoms with Gasteiger partial charge in [-0.3, -0.25) is 9.80 Å². The molecule has 0 spiro atoms. The highest BCUT2D eigenvalue weighted by molar-refractivity contribution is 5.41. The molecule has 0 radical (unpaired) electrons. The summed E-state index contributed by atoms with van der Waals surface area (Å²) in [6.45, 7) is 5.81. The van der Waals surface area contributed by atoms with Crippen LogP contribution in [0.5, 0.6) is 11.5 Å². The molecule has 0 aromatic heterocycles. The number of methoxy groups -OCH3 is 1. The van der Waals surface area contributed by atoms with E-state index < -0.39 is 0 Å². The number of ether oxygens (including phenoxy) is 1. The second-order valence-electron chi connectivity index (χ2n) is 5.93. The minimum atomic E-state index is 0.217. The Morgan fingerprint density at radius 3 is 2.95 bits per heavy atom. The van der Waals surface area contributed by atoms with E-state index in [0.717, 1.165) is 19.1 Å². The molecule has 2 aliphatic heterocycles. The SMILES string of the molecule is COc1cc(CN2CCCN3CCCC3C2)ccc1O. The van der Waals surface area contributed by atoms with Gasteiger partial charge in [0.15, 0.2) is 11.5 Å². The number of rotatable bonds is 3. The molecule has 0 saturated carbocycles. The Bertz CT molecular complexity index is 464. The Balaban J connectivity index is 1.67. The van der Waals surface area contributed by atoms with E-state index in [2.05, 4.69) is 9.80 Å². The number of fused-ring (bicyclic) bond motifs is 1. The number of phenols is 1. The van der Waals surface area contributed by atoms with Gasteiger partial charge in [0, 0.05) is 19.1 Å². The number of nitrogens with zero attached hydrogens (tertiary/aromatic N) is 2. The molecule has 1 N–H and O–H groups in total. The average molecular weight is 276 g/mol. The first-order valence-corrected chi connectivity index (χ1v) is 7.58. The van der Waals surface area contributed by atoms with Crippen LogP contribution in [0.25, 0.3) is 0 Å². The Labute approximate surface area is 120 Å². The summed E-state index contributed by atoms with van der Waals surface area (Å²) in [4.78, 5) is 5.19. The van der Waals surface area contributed by atoms with E-state index in [4.69, 9.17) is 4.74 Å². The summed E-state index contributed by atoms with van der Waals surface area (Å²) in [5.41, 5.74) is 1.21. The fourth-order valence-electron chi connectivity index (χ4n) is 3.51. The van der Waals surface area contributed by atoms with Crippen molar-refractivity contribution < 1.29 is 9.84 Å². The quantitative estimate of drug-likeness (QED) is 0.917. The van der Waals surface area contributed by atoms with Crippen molar-refractivity contribution in [3.8, 4) is 11.5 Å². The zero-order valence-electron chi connectivity index (χ0n) is 12.2. The maximum Gasteiger partial charge on any atom is 0.160 e. The van der Waals surface area contributed by atoms with Crippen molar-refractivity contribution in [3.05, 3.63) is 23.8 Å². The molecule has 4 nitrogen and oxygen atoms in total. The second kappa shape index (κ2) is 6.02. The molecule has 4 heteroatoms. The fraction of sp³-hybridized carbons (Fsp3) is 0.625. The van der Waals surface area contributed by atoms with Crippen LogP contribution in [0.1, 0.15) is 24.8 Å². The van der Waals surface area contributed by atoms with E-state index in [-0.39, 0.29) is 5.75 Å². The summed E-state index contributed by atoms with van der Waals surface area (Å²) in [6, 6.07) is 6.42. The number of benzene rings is 1. The first-order valence-electron chi connectivity index (χ1n) is 7.58. The van der Waals surface area contributed by atoms with Crippen LogP contribution in [-0.4, -0.2) is 54.2 Å². The summed E-state index contributed by atoms with van der Waals surface area (Å²) >= 11 is 0. The number of hydrogen-bond donors (Lipinski definition) is 1. The lowest BCUT2D eigenvalue weighted by molar-refractivity contribution is 0.215. The lowest BCUT2D eigenvalue weighted by Crippen LogP contribution is -2.36. The van der Waals surface area contributed by atoms with Gasteiger partial charge in [-0.05, 0) is 56.6 Å². The molecule has 1 atom stereocenters. The lowest BCUT2D eigenvalue weighted by Gasteiger charge is -2.25. The van der Waals surface area contributed by atoms with Crippen LogP contribution in [0.3, 0.4) is 0 Å². The molecule has 110 valence electrons. The monoisotopic (exact) mass is 276 g/mol. The molecule has 0 aliphatic carbocycles. The Hall–Kier alpha value is -1.26. The molecule has 0 bridgehead atoms. The van der Waals surface area contributed by atoms with Crippen molar-refractivity contribution in [2.75, 3.05) is 33.3 Å². The van der Waals surface area contributed by atoms with E-state index in [9.17, 15) is 5.11 Å². The van der Waals surface area contributed by atoms with Crippen molar-refractivity contribution >= 4 is 0 Å². The number of phenolic OH excluding ortho intramolecular Hbond substituents is 1. The lowest BCUT2D eigenvalue weighted by atomic mass is 10.1. The summed E-state index contributed by atoms with van der Waals surface area (Å²) in [7, 11) is 1.60. The minimum absolute atomic E-state index is 0.217. The Kier molecular flexibility index (Phi) is 4.13. The highest BCUT2D eigenvalue weighted by Crippen LogP contribution is 2.28. The van der Waals surface area contributed by atoms with Crippen LogP contribution < -0.4 is 4.74 Å². The van der Waals surface area contributed by atoms with Gasteiger partial charge in [0.25, 0.3) is 0 Å². The average Bonchev–Trinajstić information content (AvgIpc) is 2.80. The first kappa shape index (κ1) is 13.7. The molecule has 20 heavy (non-hydrogen) atoms. The van der Waals surface area contributed by atoms with Crippen LogP contribution in [0, 0.1) is 0 Å². The van der Waals surface area contributed by atoms with Crippen LogP contribution in [0.2, 0.25) is 0 Å². The van der Waals surface area contributed by atoms with Gasteiger partial charge in [-0.1, -0.05) is 6.07 Å². The van der Waals surface area contributed by atoms with Crippen molar-refractivity contribution in [3.63, 3.8) is 0 Å². The molecular weight excluding hydrogens is 252 g/mol. The molecule has 1 unspecified atom stereocenters. The predicted octanol–water partition coefficient (Wildman–Crippen LogP) is 2.07. The van der Waals surface area contributed by atoms with Gasteiger partial charge in [-0.2, -0.15) is 0 Å². The Morgan fingerprint density at radius 2 is 2.10 bits per heavy atom. The predicted molar refractivity (Wildman–Crippen MR) is 79.1 cm³/mol. The van der Waals surface area contributed by atoms with Crippen molar-refractivity contribution in [2.45, 2.75) is 31.8 Å². The van der Waals surface area contributed by atoms with Gasteiger partial charge >= 0.3 is 0 Å². The largest absolute Gasteiger partial charge is 0.504 e. The molecule has 2 aliphatic rings. The molecule has 0 amide bonds. The topological polar surface area (TPSA) is 35.9 Å². The smallest absolute Gasteiger partial charge is 0.160 e. The molecule has 1 aromatic carbocycles. The van der Waals surface area contributed by atoms with E-state index in [1.165, 1.54) is 44.5 Å². The summed E-state index contributed by atoms with van der Waals surface area (Å²) in [5.74, 6) is 0.786. The summed E-state index contributed by atoms with van der Waals surface area (Å²) < 4.78 is 5.19. The van der Waals surface area contributed by atoms with Crippen LogP contribution in [0.4, 0.5) is 0 Å². The van der Waals surface area contributed by atoms with Gasteiger partial charge in [0.1, 0.15) is 0 Å². The maximum atomic E-state index is 9.66. The van der Waals surface area contributed by atoms with E-state index in [1.54, 1.807) is 13.2 Å². The van der Waals surface area contributed by atoms with E-state index in [0.29, 0.717) is 5.75 Å². The third-order valence-corrected chi connectivity index (χ3v) is 4.54. The highest BCUT2D eigenvalue weighted by Gasteiger charge is 2.28. The van der Waals surface area contributed by atoms with E-state index in [1.807, 2.05) is 12.1 Å². The van der Waals surface area contributed by atoms with Crippen molar-refractivity contribution in [1.82, 2.24) is 9.80 Å². The number of aromatic hydroxyl groups is 1. The third-order valence-electron chi connectivity index (χ3n) is 4.54. The molecule has 3 rings (SSSR count). The zero-order chi connectivity index (χ0) is 13.9. The minimum Gasteiger partial charge on any atom is -0.504 e. The summed E-state index contributed by atoms with van der Waals surface area (Å²) in [6.07, 6.45) is 3.95. The number of hydrogen-bond acceptors (Lipinski definition) is 4. The van der Waals surface area contributed by atoms with Gasteiger partial charge in [0.2, 0.25) is 0 Å².